The quantitative estimate of drug-likeness (QED) is 0.369. The first kappa shape index (κ1) is 9.48. The van der Waals surface area contributed by atoms with E-state index in [1.807, 2.05) is 0 Å². The van der Waals surface area contributed by atoms with Gasteiger partial charge in [-0.1, -0.05) is 0 Å². The Morgan fingerprint density at radius 1 is 1.75 bits per heavy atom. The Morgan fingerprint density at radius 3 is 3.17 bits per heavy atom. The van der Waals surface area contributed by atoms with Crippen LogP contribution in [-0.2, 0) is 9.47 Å². The van der Waals surface area contributed by atoms with Gasteiger partial charge in [-0.2, -0.15) is 0 Å². The summed E-state index contributed by atoms with van der Waals surface area (Å²) in [4.78, 5) is 4.19. The fraction of sp³-hybridized carbons (Fsp3) is 0.875. The van der Waals surface area contributed by atoms with Gasteiger partial charge in [0.25, 0.3) is 0 Å². The molecule has 1 unspecified atom stereocenters. The summed E-state index contributed by atoms with van der Waals surface area (Å²) in [6.07, 6.45) is 1.00. The second-order valence-corrected chi connectivity index (χ2v) is 2.86. The number of rotatable bonds is 4. The van der Waals surface area contributed by atoms with Crippen LogP contribution in [0.15, 0.2) is 4.99 Å². The van der Waals surface area contributed by atoms with Crippen LogP contribution in [0.5, 0.6) is 0 Å². The number of nitrogens with zero attached hydrogens (tertiary/aromatic N) is 1. The van der Waals surface area contributed by atoms with Gasteiger partial charge in [0.2, 0.25) is 0 Å². The standard InChI is InChI=1S/C8H16N2O2/c1-11-5-3-10-8(9)7-2-4-12-6-7/h7H,2-6H2,1H3,(H2,9,10). The largest absolute Gasteiger partial charge is 0.387 e. The van der Waals surface area contributed by atoms with Crippen LogP contribution in [0.3, 0.4) is 0 Å². The molecule has 1 heterocycles. The molecular formula is C8H16N2O2. The minimum Gasteiger partial charge on any atom is -0.387 e. The maximum absolute atomic E-state index is 5.73. The van der Waals surface area contributed by atoms with Gasteiger partial charge in [-0.25, -0.2) is 0 Å². The molecular weight excluding hydrogens is 156 g/mol. The zero-order chi connectivity index (χ0) is 8.81. The van der Waals surface area contributed by atoms with Crippen molar-refractivity contribution in [3.8, 4) is 0 Å². The van der Waals surface area contributed by atoms with E-state index in [0.29, 0.717) is 24.9 Å². The fourth-order valence-corrected chi connectivity index (χ4v) is 1.16. The average molecular weight is 172 g/mol. The van der Waals surface area contributed by atoms with Crippen LogP contribution in [0.2, 0.25) is 0 Å². The first-order valence-electron chi connectivity index (χ1n) is 4.21. The maximum atomic E-state index is 5.73. The smallest absolute Gasteiger partial charge is 0.0993 e. The predicted molar refractivity (Wildman–Crippen MR) is 47.3 cm³/mol. The molecule has 1 rings (SSSR count). The van der Waals surface area contributed by atoms with Crippen molar-refractivity contribution in [1.29, 1.82) is 0 Å². The summed E-state index contributed by atoms with van der Waals surface area (Å²) in [5, 5.41) is 0. The third kappa shape index (κ3) is 2.79. The molecule has 1 aliphatic heterocycles. The lowest BCUT2D eigenvalue weighted by molar-refractivity contribution is 0.192. The first-order chi connectivity index (χ1) is 5.84. The third-order valence-electron chi connectivity index (χ3n) is 1.94. The van der Waals surface area contributed by atoms with E-state index in [1.165, 1.54) is 0 Å². The minimum atomic E-state index is 0.335. The molecule has 1 atom stereocenters. The molecule has 4 nitrogen and oxygen atoms in total. The van der Waals surface area contributed by atoms with E-state index < -0.39 is 0 Å². The number of ether oxygens (including phenoxy) is 2. The topological polar surface area (TPSA) is 56.8 Å². The summed E-state index contributed by atoms with van der Waals surface area (Å²) in [5.41, 5.74) is 5.73. The van der Waals surface area contributed by atoms with Crippen LogP contribution in [0.25, 0.3) is 0 Å². The highest BCUT2D eigenvalue weighted by atomic mass is 16.5. The summed E-state index contributed by atoms with van der Waals surface area (Å²) in [6, 6.07) is 0. The van der Waals surface area contributed by atoms with Gasteiger partial charge in [-0.05, 0) is 6.42 Å². The molecule has 4 heteroatoms. The monoisotopic (exact) mass is 172 g/mol. The van der Waals surface area contributed by atoms with Crippen molar-refractivity contribution >= 4 is 5.84 Å². The van der Waals surface area contributed by atoms with Gasteiger partial charge < -0.3 is 15.2 Å². The van der Waals surface area contributed by atoms with Crippen LogP contribution < -0.4 is 5.73 Å². The lowest BCUT2D eigenvalue weighted by Gasteiger charge is -2.05. The van der Waals surface area contributed by atoms with Crippen molar-refractivity contribution < 1.29 is 9.47 Å². The molecule has 0 bridgehead atoms. The van der Waals surface area contributed by atoms with Crippen molar-refractivity contribution in [3.05, 3.63) is 0 Å². The number of hydrogen-bond acceptors (Lipinski definition) is 3. The Bertz CT molecular complexity index is 153. The normalized spacial score (nSPS) is 24.8. The predicted octanol–water partition coefficient (Wildman–Crippen LogP) is 0.0265. The van der Waals surface area contributed by atoms with Crippen LogP contribution in [-0.4, -0.2) is 39.3 Å². The maximum Gasteiger partial charge on any atom is 0.0993 e. The highest BCUT2D eigenvalue weighted by molar-refractivity contribution is 5.83. The van der Waals surface area contributed by atoms with E-state index in [2.05, 4.69) is 4.99 Å². The summed E-state index contributed by atoms with van der Waals surface area (Å²) >= 11 is 0. The Kier molecular flexibility index (Phi) is 4.04. The van der Waals surface area contributed by atoms with Crippen molar-refractivity contribution in [2.24, 2.45) is 16.6 Å². The Hall–Kier alpha value is -0.610. The highest BCUT2D eigenvalue weighted by Gasteiger charge is 2.18. The number of methoxy groups -OCH3 is 1. The third-order valence-corrected chi connectivity index (χ3v) is 1.94. The van der Waals surface area contributed by atoms with E-state index >= 15 is 0 Å². The average Bonchev–Trinajstić information content (AvgIpc) is 2.56. The van der Waals surface area contributed by atoms with Gasteiger partial charge in [0.05, 0.1) is 25.6 Å². The number of hydrogen-bond donors (Lipinski definition) is 1. The molecule has 0 aromatic heterocycles. The molecule has 2 N–H and O–H groups in total. The Morgan fingerprint density at radius 2 is 2.58 bits per heavy atom. The van der Waals surface area contributed by atoms with Gasteiger partial charge in [-0.15, -0.1) is 0 Å². The van der Waals surface area contributed by atoms with E-state index in [-0.39, 0.29) is 0 Å². The first-order valence-corrected chi connectivity index (χ1v) is 4.21. The molecule has 0 spiro atoms. The lowest BCUT2D eigenvalue weighted by atomic mass is 10.1. The highest BCUT2D eigenvalue weighted by Crippen LogP contribution is 2.11. The molecule has 1 saturated heterocycles. The lowest BCUT2D eigenvalue weighted by Crippen LogP contribution is -2.24. The fourth-order valence-electron chi connectivity index (χ4n) is 1.16. The zero-order valence-corrected chi connectivity index (χ0v) is 7.45. The number of nitrogens with two attached hydrogens (primary N) is 1. The van der Waals surface area contributed by atoms with E-state index in [4.69, 9.17) is 15.2 Å². The summed E-state index contributed by atoms with van der Waals surface area (Å²) in [7, 11) is 1.66. The van der Waals surface area contributed by atoms with Gasteiger partial charge in [-0.3, -0.25) is 4.99 Å². The molecule has 0 aromatic rings. The molecule has 0 saturated carbocycles. The van der Waals surface area contributed by atoms with Crippen LogP contribution in [0.1, 0.15) is 6.42 Å². The van der Waals surface area contributed by atoms with Gasteiger partial charge >= 0.3 is 0 Å². The summed E-state index contributed by atoms with van der Waals surface area (Å²) in [5.74, 6) is 1.05. The Labute approximate surface area is 72.8 Å². The molecule has 1 fully saturated rings. The second kappa shape index (κ2) is 5.11. The van der Waals surface area contributed by atoms with Crippen molar-refractivity contribution in [1.82, 2.24) is 0 Å². The second-order valence-electron chi connectivity index (χ2n) is 2.86. The molecule has 1 aliphatic rings. The van der Waals surface area contributed by atoms with Gasteiger partial charge in [0, 0.05) is 19.6 Å². The van der Waals surface area contributed by atoms with Crippen molar-refractivity contribution in [2.45, 2.75) is 6.42 Å². The van der Waals surface area contributed by atoms with Crippen molar-refractivity contribution in [3.63, 3.8) is 0 Å². The zero-order valence-electron chi connectivity index (χ0n) is 7.45. The van der Waals surface area contributed by atoms with Crippen molar-refractivity contribution in [2.75, 3.05) is 33.5 Å². The summed E-state index contributed by atoms with van der Waals surface area (Å²) < 4.78 is 10.1. The number of amidine groups is 1. The molecule has 0 aliphatic carbocycles. The molecule has 0 amide bonds. The van der Waals surface area contributed by atoms with Crippen LogP contribution in [0, 0.1) is 5.92 Å². The van der Waals surface area contributed by atoms with E-state index in [9.17, 15) is 0 Å². The van der Waals surface area contributed by atoms with Gasteiger partial charge in [0.15, 0.2) is 0 Å². The molecule has 0 aromatic carbocycles. The number of aliphatic imine (C=N–C) groups is 1. The van der Waals surface area contributed by atoms with Crippen LogP contribution >= 0.6 is 0 Å². The molecule has 70 valence electrons. The molecule has 12 heavy (non-hydrogen) atoms. The van der Waals surface area contributed by atoms with E-state index in [1.54, 1.807) is 7.11 Å². The Balaban J connectivity index is 2.24. The van der Waals surface area contributed by atoms with Crippen LogP contribution in [0.4, 0.5) is 0 Å². The SMILES string of the molecule is COCCN=C(N)C1CCOC1. The van der Waals surface area contributed by atoms with Gasteiger partial charge in [0.1, 0.15) is 0 Å². The molecule has 0 radical (unpaired) electrons. The minimum absolute atomic E-state index is 0.335. The van der Waals surface area contributed by atoms with E-state index in [0.717, 1.165) is 19.6 Å². The summed E-state index contributed by atoms with van der Waals surface area (Å²) in [6.45, 7) is 2.82.